The molecule has 0 amide bonds. The van der Waals surface area contributed by atoms with Gasteiger partial charge in [-0.25, -0.2) is 0 Å². The molecule has 0 fully saturated rings. The van der Waals surface area contributed by atoms with E-state index < -0.39 is 6.10 Å². The van der Waals surface area contributed by atoms with E-state index in [1.165, 1.54) is 77.0 Å². The first-order valence-corrected chi connectivity index (χ1v) is 24.4. The highest BCUT2D eigenvalue weighted by molar-refractivity contribution is 5.71. The summed E-state index contributed by atoms with van der Waals surface area (Å²) in [4.78, 5) is 37.8. The fourth-order valence-corrected chi connectivity index (χ4v) is 6.40. The lowest BCUT2D eigenvalue weighted by atomic mass is 10.1. The Kier molecular flexibility index (Phi) is 45.0. The van der Waals surface area contributed by atoms with Crippen molar-refractivity contribution in [3.05, 3.63) is 72.9 Å². The molecule has 0 aliphatic heterocycles. The molecule has 59 heavy (non-hydrogen) atoms. The highest BCUT2D eigenvalue weighted by Gasteiger charge is 2.19. The molecule has 338 valence electrons. The molecule has 0 saturated heterocycles. The molecule has 0 saturated carbocycles. The molecule has 6 heteroatoms. The van der Waals surface area contributed by atoms with Crippen LogP contribution in [0.5, 0.6) is 0 Å². The maximum Gasteiger partial charge on any atom is 0.306 e. The molecule has 0 spiro atoms. The van der Waals surface area contributed by atoms with Gasteiger partial charge in [0.25, 0.3) is 0 Å². The highest BCUT2D eigenvalue weighted by atomic mass is 16.6. The Bertz CT molecular complexity index is 1130. The highest BCUT2D eigenvalue weighted by Crippen LogP contribution is 2.12. The van der Waals surface area contributed by atoms with Gasteiger partial charge in [0.05, 0.1) is 0 Å². The van der Waals surface area contributed by atoms with Gasteiger partial charge < -0.3 is 14.2 Å². The molecule has 0 N–H and O–H groups in total. The van der Waals surface area contributed by atoms with Crippen LogP contribution in [0.25, 0.3) is 0 Å². The Labute approximate surface area is 363 Å². The van der Waals surface area contributed by atoms with Gasteiger partial charge in [-0.05, 0) is 109 Å². The zero-order valence-electron chi connectivity index (χ0n) is 38.5. The van der Waals surface area contributed by atoms with Crippen LogP contribution in [0.1, 0.15) is 226 Å². The lowest BCUT2D eigenvalue weighted by Crippen LogP contribution is -2.30. The van der Waals surface area contributed by atoms with Crippen LogP contribution in [0.3, 0.4) is 0 Å². The van der Waals surface area contributed by atoms with Crippen molar-refractivity contribution in [2.75, 3.05) is 13.2 Å². The molecule has 0 aromatic heterocycles. The van der Waals surface area contributed by atoms with E-state index in [0.29, 0.717) is 19.3 Å². The number of carbonyl (C=O) groups is 3. The summed E-state index contributed by atoms with van der Waals surface area (Å²) in [6.45, 7) is 6.48. The Morgan fingerprint density at radius 2 is 0.627 bits per heavy atom. The van der Waals surface area contributed by atoms with Crippen molar-refractivity contribution in [2.24, 2.45) is 0 Å². The van der Waals surface area contributed by atoms with Gasteiger partial charge >= 0.3 is 17.9 Å². The number of unbranched alkanes of at least 4 members (excludes halogenated alkanes) is 20. The van der Waals surface area contributed by atoms with Crippen molar-refractivity contribution in [1.82, 2.24) is 0 Å². The van der Waals surface area contributed by atoms with Gasteiger partial charge in [-0.2, -0.15) is 0 Å². The predicted octanol–water partition coefficient (Wildman–Crippen LogP) is 15.9. The second-order valence-electron chi connectivity index (χ2n) is 16.0. The van der Waals surface area contributed by atoms with Crippen molar-refractivity contribution in [2.45, 2.75) is 232 Å². The minimum atomic E-state index is -0.799. The van der Waals surface area contributed by atoms with Crippen molar-refractivity contribution < 1.29 is 28.6 Å². The maximum absolute atomic E-state index is 12.7. The molecule has 0 aliphatic rings. The summed E-state index contributed by atoms with van der Waals surface area (Å²) < 4.78 is 16.7. The summed E-state index contributed by atoms with van der Waals surface area (Å²) in [5.74, 6) is -0.964. The molecule has 0 radical (unpaired) electrons. The summed E-state index contributed by atoms with van der Waals surface area (Å²) in [6, 6.07) is 0. The molecule has 0 unspecified atom stereocenters. The Morgan fingerprint density at radius 3 is 1.05 bits per heavy atom. The summed E-state index contributed by atoms with van der Waals surface area (Å²) in [5, 5.41) is 0. The van der Waals surface area contributed by atoms with Crippen LogP contribution >= 0.6 is 0 Å². The fourth-order valence-electron chi connectivity index (χ4n) is 6.40. The van der Waals surface area contributed by atoms with E-state index in [1.807, 2.05) is 0 Å². The van der Waals surface area contributed by atoms with Crippen LogP contribution in [0.2, 0.25) is 0 Å². The van der Waals surface area contributed by atoms with Crippen LogP contribution < -0.4 is 0 Å². The topological polar surface area (TPSA) is 78.9 Å². The third kappa shape index (κ3) is 45.8. The minimum Gasteiger partial charge on any atom is -0.462 e. The van der Waals surface area contributed by atoms with Gasteiger partial charge in [0, 0.05) is 19.3 Å². The van der Waals surface area contributed by atoms with E-state index in [0.717, 1.165) is 109 Å². The van der Waals surface area contributed by atoms with E-state index in [1.54, 1.807) is 0 Å². The first-order valence-electron chi connectivity index (χ1n) is 24.4. The van der Waals surface area contributed by atoms with Gasteiger partial charge in [-0.3, -0.25) is 14.4 Å². The average molecular weight is 823 g/mol. The number of carbonyl (C=O) groups excluding carboxylic acids is 3. The first-order chi connectivity index (χ1) is 29.0. The molecule has 6 nitrogen and oxygen atoms in total. The van der Waals surface area contributed by atoms with E-state index in [4.69, 9.17) is 14.2 Å². The average Bonchev–Trinajstić information content (AvgIpc) is 3.23. The van der Waals surface area contributed by atoms with Crippen LogP contribution in [0.15, 0.2) is 72.9 Å². The third-order valence-corrected chi connectivity index (χ3v) is 10.2. The number of esters is 3. The number of ether oxygens (including phenoxy) is 3. The van der Waals surface area contributed by atoms with Crippen LogP contribution in [0.4, 0.5) is 0 Å². The number of allylic oxidation sites excluding steroid dienone is 12. The number of rotatable bonds is 43. The van der Waals surface area contributed by atoms with Crippen molar-refractivity contribution in [1.29, 1.82) is 0 Å². The third-order valence-electron chi connectivity index (χ3n) is 10.2. The second kappa shape index (κ2) is 47.5. The summed E-state index contributed by atoms with van der Waals surface area (Å²) in [7, 11) is 0. The largest absolute Gasteiger partial charge is 0.462 e. The molecular weight excluding hydrogens is 733 g/mol. The van der Waals surface area contributed by atoms with Crippen LogP contribution in [0, 0.1) is 0 Å². The standard InChI is InChI=1S/C53H90O6/c1-4-7-10-13-16-19-22-24-26-28-31-33-36-39-42-45-51(54)57-48-50(59-53(56)47-44-41-38-35-30-21-18-15-12-9-6-3)49-58-52(55)46-43-40-37-34-32-29-27-25-23-20-17-14-11-8-5-2/h15-20,24-27,31,33,50H,4-14,21-23,28-30,32,34-49H2,1-3H3/b18-15-,19-16-,20-17-,26-24-,27-25-,33-31-/t50-/m1/s1. The Balaban J connectivity index is 4.46. The number of hydrogen-bond donors (Lipinski definition) is 0. The molecule has 0 aromatic rings. The van der Waals surface area contributed by atoms with E-state index in [-0.39, 0.29) is 31.1 Å². The van der Waals surface area contributed by atoms with Gasteiger partial charge in [-0.1, -0.05) is 171 Å². The normalized spacial score (nSPS) is 12.7. The quantitative estimate of drug-likeness (QED) is 0.0264. The van der Waals surface area contributed by atoms with Crippen LogP contribution in [-0.2, 0) is 28.6 Å². The SMILES string of the molecule is CCCC/C=C\CCCCCCCC(=O)O[C@H](COC(=O)CCCC/C=C\C/C=C\C/C=C\CCCCC)COC(=O)CCCCCCC/C=C\C/C=C\CCCCC. The van der Waals surface area contributed by atoms with Gasteiger partial charge in [0.15, 0.2) is 6.10 Å². The van der Waals surface area contributed by atoms with E-state index in [2.05, 4.69) is 93.7 Å². The second-order valence-corrected chi connectivity index (χ2v) is 16.0. The number of hydrogen-bond acceptors (Lipinski definition) is 6. The maximum atomic E-state index is 12.7. The molecular formula is C53H90O6. The molecule has 0 aliphatic carbocycles. The lowest BCUT2D eigenvalue weighted by molar-refractivity contribution is -0.167. The molecule has 1 atom stereocenters. The van der Waals surface area contributed by atoms with E-state index >= 15 is 0 Å². The smallest absolute Gasteiger partial charge is 0.306 e. The molecule has 0 rings (SSSR count). The molecule has 0 bridgehead atoms. The molecule has 0 aromatic carbocycles. The monoisotopic (exact) mass is 823 g/mol. The summed E-state index contributed by atoms with van der Waals surface area (Å²) in [6.07, 6.45) is 58.8. The summed E-state index contributed by atoms with van der Waals surface area (Å²) in [5.41, 5.74) is 0. The first kappa shape index (κ1) is 55.9. The van der Waals surface area contributed by atoms with Crippen LogP contribution in [-0.4, -0.2) is 37.2 Å². The van der Waals surface area contributed by atoms with E-state index in [9.17, 15) is 14.4 Å². The van der Waals surface area contributed by atoms with Gasteiger partial charge in [0.1, 0.15) is 13.2 Å². The zero-order valence-corrected chi connectivity index (χ0v) is 38.5. The Morgan fingerprint density at radius 1 is 0.339 bits per heavy atom. The van der Waals surface area contributed by atoms with Gasteiger partial charge in [-0.15, -0.1) is 0 Å². The summed E-state index contributed by atoms with van der Waals surface area (Å²) >= 11 is 0. The molecule has 0 heterocycles. The Hall–Kier alpha value is -3.15. The van der Waals surface area contributed by atoms with Gasteiger partial charge in [0.2, 0.25) is 0 Å². The fraction of sp³-hybridized carbons (Fsp3) is 0.717. The van der Waals surface area contributed by atoms with Crippen molar-refractivity contribution in [3.8, 4) is 0 Å². The zero-order chi connectivity index (χ0) is 43.0. The van der Waals surface area contributed by atoms with Crippen molar-refractivity contribution >= 4 is 17.9 Å². The lowest BCUT2D eigenvalue weighted by Gasteiger charge is -2.18. The van der Waals surface area contributed by atoms with Crippen molar-refractivity contribution in [3.63, 3.8) is 0 Å². The predicted molar refractivity (Wildman–Crippen MR) is 251 cm³/mol. The minimum absolute atomic E-state index is 0.0988.